The predicted octanol–water partition coefficient (Wildman–Crippen LogP) is 3.70. The number of nitrogens with one attached hydrogen (secondary N) is 2. The van der Waals surface area contributed by atoms with Crippen molar-refractivity contribution in [3.63, 3.8) is 0 Å². The minimum Gasteiger partial charge on any atom is -0.394 e. The highest BCUT2D eigenvalue weighted by atomic mass is 16.3. The van der Waals surface area contributed by atoms with Gasteiger partial charge in [-0.2, -0.15) is 0 Å². The number of hydrogen-bond acceptors (Lipinski definition) is 3. The maximum absolute atomic E-state index is 12.6. The first-order valence-corrected chi connectivity index (χ1v) is 9.83. The van der Waals surface area contributed by atoms with Crippen LogP contribution >= 0.6 is 0 Å². The van der Waals surface area contributed by atoms with Crippen LogP contribution in [0.25, 0.3) is 0 Å². The Kier molecular flexibility index (Phi) is 5.77. The van der Waals surface area contributed by atoms with Crippen LogP contribution in [0.15, 0.2) is 78.9 Å². The number of benzene rings is 3. The van der Waals surface area contributed by atoms with Gasteiger partial charge in [-0.15, -0.1) is 0 Å². The number of fused-ring (bicyclic) bond motifs is 1. The maximum atomic E-state index is 12.6. The Morgan fingerprint density at radius 1 is 0.867 bits per heavy atom. The molecule has 4 rings (SSSR count). The van der Waals surface area contributed by atoms with Crippen LogP contribution in [0.3, 0.4) is 0 Å². The van der Waals surface area contributed by atoms with Gasteiger partial charge in [0.05, 0.1) is 12.6 Å². The molecule has 3 aromatic carbocycles. The standard InChI is InChI=1S/C24H23N3O3/c28-16-22(17-6-2-1-3-7-17)26-23(29)18-10-12-21(13-11-18)25-24(30)27-14-19-8-4-5-9-20(19)15-27/h1-13,22,28H,14-16H2,(H,25,30)(H,26,29)/t22-/m0/s1. The van der Waals surface area contributed by atoms with E-state index in [2.05, 4.69) is 10.6 Å². The molecule has 3 amide bonds. The molecule has 6 heteroatoms. The number of nitrogens with zero attached hydrogens (tertiary/aromatic N) is 1. The molecule has 0 saturated heterocycles. The van der Waals surface area contributed by atoms with E-state index >= 15 is 0 Å². The van der Waals surface area contributed by atoms with Gasteiger partial charge in [0.2, 0.25) is 0 Å². The fraction of sp³-hybridized carbons (Fsp3) is 0.167. The summed E-state index contributed by atoms with van der Waals surface area (Å²) in [7, 11) is 0. The molecular weight excluding hydrogens is 378 g/mol. The fourth-order valence-electron chi connectivity index (χ4n) is 3.55. The number of amides is 3. The van der Waals surface area contributed by atoms with Crippen molar-refractivity contribution in [2.45, 2.75) is 19.1 Å². The van der Waals surface area contributed by atoms with Crippen molar-refractivity contribution in [2.24, 2.45) is 0 Å². The third-order valence-corrected chi connectivity index (χ3v) is 5.22. The zero-order valence-electron chi connectivity index (χ0n) is 16.4. The van der Waals surface area contributed by atoms with Gasteiger partial charge in [-0.3, -0.25) is 4.79 Å². The van der Waals surface area contributed by atoms with Gasteiger partial charge in [-0.1, -0.05) is 54.6 Å². The second kappa shape index (κ2) is 8.80. The first kappa shape index (κ1) is 19.7. The summed E-state index contributed by atoms with van der Waals surface area (Å²) in [6.45, 7) is 0.983. The van der Waals surface area contributed by atoms with Crippen LogP contribution in [-0.4, -0.2) is 28.6 Å². The van der Waals surface area contributed by atoms with Gasteiger partial charge in [0, 0.05) is 24.3 Å². The first-order chi connectivity index (χ1) is 14.6. The normalized spacial score (nSPS) is 13.4. The minimum absolute atomic E-state index is 0.173. The molecule has 6 nitrogen and oxygen atoms in total. The number of urea groups is 1. The van der Waals surface area contributed by atoms with Gasteiger partial charge in [0.15, 0.2) is 0 Å². The third kappa shape index (κ3) is 4.34. The highest BCUT2D eigenvalue weighted by Gasteiger charge is 2.23. The maximum Gasteiger partial charge on any atom is 0.322 e. The molecule has 3 aromatic rings. The molecule has 1 aliphatic rings. The molecule has 0 bridgehead atoms. The van der Waals surface area contributed by atoms with Gasteiger partial charge >= 0.3 is 6.03 Å². The topological polar surface area (TPSA) is 81.7 Å². The van der Waals surface area contributed by atoms with E-state index in [-0.39, 0.29) is 18.5 Å². The summed E-state index contributed by atoms with van der Waals surface area (Å²) in [4.78, 5) is 26.8. The third-order valence-electron chi connectivity index (χ3n) is 5.22. The predicted molar refractivity (Wildman–Crippen MR) is 115 cm³/mol. The summed E-state index contributed by atoms with van der Waals surface area (Å²) in [5, 5.41) is 15.3. The summed E-state index contributed by atoms with van der Waals surface area (Å²) >= 11 is 0. The molecule has 0 saturated carbocycles. The van der Waals surface area contributed by atoms with Crippen LogP contribution in [0, 0.1) is 0 Å². The van der Waals surface area contributed by atoms with Crippen LogP contribution in [-0.2, 0) is 13.1 Å². The number of rotatable bonds is 5. The highest BCUT2D eigenvalue weighted by Crippen LogP contribution is 2.23. The molecule has 3 N–H and O–H groups in total. The first-order valence-electron chi connectivity index (χ1n) is 9.83. The Morgan fingerprint density at radius 2 is 1.47 bits per heavy atom. The average Bonchev–Trinajstić information content (AvgIpc) is 3.23. The van der Waals surface area contributed by atoms with Crippen LogP contribution in [0.4, 0.5) is 10.5 Å². The lowest BCUT2D eigenvalue weighted by Crippen LogP contribution is -2.31. The van der Waals surface area contributed by atoms with Crippen LogP contribution < -0.4 is 10.6 Å². The summed E-state index contributed by atoms with van der Waals surface area (Å²) < 4.78 is 0. The van der Waals surface area contributed by atoms with Gasteiger partial charge in [0.1, 0.15) is 0 Å². The lowest BCUT2D eigenvalue weighted by atomic mass is 10.1. The number of aliphatic hydroxyl groups excluding tert-OH is 1. The van der Waals surface area contributed by atoms with E-state index in [1.165, 1.54) is 0 Å². The van der Waals surface area contributed by atoms with E-state index in [1.54, 1.807) is 29.2 Å². The van der Waals surface area contributed by atoms with Crippen molar-refractivity contribution in [3.8, 4) is 0 Å². The van der Waals surface area contributed by atoms with Crippen LogP contribution in [0.1, 0.15) is 33.1 Å². The summed E-state index contributed by atoms with van der Waals surface area (Å²) in [6, 6.07) is 23.4. The van der Waals surface area contributed by atoms with E-state index in [1.807, 2.05) is 54.6 Å². The molecule has 0 spiro atoms. The van der Waals surface area contributed by atoms with Crippen LogP contribution in [0.2, 0.25) is 0 Å². The molecule has 1 heterocycles. The number of anilines is 1. The van der Waals surface area contributed by atoms with E-state index < -0.39 is 6.04 Å². The van der Waals surface area contributed by atoms with Gasteiger partial charge in [0.25, 0.3) is 5.91 Å². The molecule has 152 valence electrons. The number of hydrogen-bond donors (Lipinski definition) is 3. The van der Waals surface area contributed by atoms with E-state index in [9.17, 15) is 14.7 Å². The molecule has 30 heavy (non-hydrogen) atoms. The molecule has 1 atom stereocenters. The highest BCUT2D eigenvalue weighted by molar-refractivity contribution is 5.95. The molecule has 0 unspecified atom stereocenters. The van der Waals surface area contributed by atoms with Crippen molar-refractivity contribution in [3.05, 3.63) is 101 Å². The lowest BCUT2D eigenvalue weighted by Gasteiger charge is -2.18. The van der Waals surface area contributed by atoms with E-state index in [4.69, 9.17) is 0 Å². The molecule has 0 aromatic heterocycles. The summed E-state index contributed by atoms with van der Waals surface area (Å²) in [6.07, 6.45) is 0. The Labute approximate surface area is 175 Å². The van der Waals surface area contributed by atoms with Gasteiger partial charge < -0.3 is 20.6 Å². The van der Waals surface area contributed by atoms with Crippen molar-refractivity contribution >= 4 is 17.6 Å². The quantitative estimate of drug-likeness (QED) is 0.610. The summed E-state index contributed by atoms with van der Waals surface area (Å²) in [5.41, 5.74) is 4.24. The minimum atomic E-state index is -0.477. The number of carbonyl (C=O) groups is 2. The Bertz CT molecular complexity index is 1010. The van der Waals surface area contributed by atoms with Crippen molar-refractivity contribution in [2.75, 3.05) is 11.9 Å². The Morgan fingerprint density at radius 3 is 2.07 bits per heavy atom. The largest absolute Gasteiger partial charge is 0.394 e. The second-order valence-corrected chi connectivity index (χ2v) is 7.25. The molecule has 0 fully saturated rings. The zero-order chi connectivity index (χ0) is 20.9. The van der Waals surface area contributed by atoms with Crippen LogP contribution in [0.5, 0.6) is 0 Å². The zero-order valence-corrected chi connectivity index (χ0v) is 16.4. The molecule has 0 aliphatic carbocycles. The van der Waals surface area contributed by atoms with Gasteiger partial charge in [-0.05, 0) is 41.0 Å². The SMILES string of the molecule is O=C(N[C@@H](CO)c1ccccc1)c1ccc(NC(=O)N2Cc3ccccc3C2)cc1. The van der Waals surface area contributed by atoms with E-state index in [0.29, 0.717) is 24.3 Å². The van der Waals surface area contributed by atoms with Crippen molar-refractivity contribution in [1.29, 1.82) is 0 Å². The monoisotopic (exact) mass is 401 g/mol. The number of aliphatic hydroxyl groups is 1. The fourth-order valence-corrected chi connectivity index (χ4v) is 3.55. The molecule has 1 aliphatic heterocycles. The Balaban J connectivity index is 1.36. The summed E-state index contributed by atoms with van der Waals surface area (Å²) in [5.74, 6) is -0.286. The van der Waals surface area contributed by atoms with Gasteiger partial charge in [-0.25, -0.2) is 4.79 Å². The lowest BCUT2D eigenvalue weighted by molar-refractivity contribution is 0.0916. The smallest absolute Gasteiger partial charge is 0.322 e. The van der Waals surface area contributed by atoms with Crippen molar-refractivity contribution < 1.29 is 14.7 Å². The Hall–Kier alpha value is -3.64. The average molecular weight is 401 g/mol. The molecule has 0 radical (unpaired) electrons. The molecular formula is C24H23N3O3. The van der Waals surface area contributed by atoms with Crippen molar-refractivity contribution in [1.82, 2.24) is 10.2 Å². The van der Waals surface area contributed by atoms with E-state index in [0.717, 1.165) is 16.7 Å². The number of carbonyl (C=O) groups excluding carboxylic acids is 2. The second-order valence-electron chi connectivity index (χ2n) is 7.25.